The van der Waals surface area contributed by atoms with Crippen LogP contribution in [0.2, 0.25) is 0 Å². The number of ether oxygens (including phenoxy) is 1. The number of rotatable bonds is 6. The topological polar surface area (TPSA) is 58.6 Å². The van der Waals surface area contributed by atoms with E-state index in [9.17, 15) is 23.1 Å². The molecule has 0 heterocycles. The second kappa shape index (κ2) is 8.43. The standard InChI is InChI=1S/C20H22F3NO3/c1-3-12-24-18(25)27-17-11-10-15(13-16(17)20(21,22)23)19(26,4-2)14-8-6-5-7-9-14/h5-11,13,26H,3-4,12H2,1-2H3,(H,24,25). The lowest BCUT2D eigenvalue weighted by molar-refractivity contribution is -0.138. The van der Waals surface area contributed by atoms with Crippen molar-refractivity contribution in [1.82, 2.24) is 5.32 Å². The van der Waals surface area contributed by atoms with Crippen LogP contribution in [-0.4, -0.2) is 17.7 Å². The van der Waals surface area contributed by atoms with Gasteiger partial charge in [0.25, 0.3) is 0 Å². The number of amides is 1. The fourth-order valence-electron chi connectivity index (χ4n) is 2.75. The number of nitrogens with one attached hydrogen (secondary N) is 1. The summed E-state index contributed by atoms with van der Waals surface area (Å²) in [6, 6.07) is 11.7. The number of carbonyl (C=O) groups excluding carboxylic acids is 1. The Kier molecular flexibility index (Phi) is 6.49. The van der Waals surface area contributed by atoms with Crippen molar-refractivity contribution in [2.24, 2.45) is 0 Å². The molecule has 2 rings (SSSR count). The van der Waals surface area contributed by atoms with Gasteiger partial charge in [-0.1, -0.05) is 50.2 Å². The van der Waals surface area contributed by atoms with Gasteiger partial charge in [0.2, 0.25) is 0 Å². The predicted octanol–water partition coefficient (Wildman–Crippen LogP) is 4.85. The summed E-state index contributed by atoms with van der Waals surface area (Å²) in [5.74, 6) is -0.605. The molecule has 27 heavy (non-hydrogen) atoms. The monoisotopic (exact) mass is 381 g/mol. The van der Waals surface area contributed by atoms with Crippen molar-refractivity contribution in [3.63, 3.8) is 0 Å². The van der Waals surface area contributed by atoms with Crippen molar-refractivity contribution in [3.05, 3.63) is 65.2 Å². The van der Waals surface area contributed by atoms with Crippen LogP contribution in [0.1, 0.15) is 43.4 Å². The Morgan fingerprint density at radius 2 is 1.74 bits per heavy atom. The smallest absolute Gasteiger partial charge is 0.410 e. The molecule has 0 aliphatic heterocycles. The summed E-state index contributed by atoms with van der Waals surface area (Å²) in [5, 5.41) is 13.4. The first-order valence-electron chi connectivity index (χ1n) is 8.67. The van der Waals surface area contributed by atoms with Crippen molar-refractivity contribution in [2.75, 3.05) is 6.54 Å². The SMILES string of the molecule is CCCNC(=O)Oc1ccc(C(O)(CC)c2ccccc2)cc1C(F)(F)F. The van der Waals surface area contributed by atoms with E-state index in [-0.39, 0.29) is 12.0 Å². The molecule has 2 N–H and O–H groups in total. The minimum Gasteiger partial charge on any atom is -0.410 e. The summed E-state index contributed by atoms with van der Waals surface area (Å²) < 4.78 is 45.4. The van der Waals surface area contributed by atoms with Gasteiger partial charge in [0.1, 0.15) is 11.4 Å². The van der Waals surface area contributed by atoms with Gasteiger partial charge in [-0.3, -0.25) is 0 Å². The summed E-state index contributed by atoms with van der Waals surface area (Å²) in [6.45, 7) is 3.79. The van der Waals surface area contributed by atoms with E-state index in [4.69, 9.17) is 4.74 Å². The number of aliphatic hydroxyl groups is 1. The van der Waals surface area contributed by atoms with Crippen molar-refractivity contribution in [3.8, 4) is 5.75 Å². The van der Waals surface area contributed by atoms with E-state index in [1.54, 1.807) is 37.3 Å². The largest absolute Gasteiger partial charge is 0.420 e. The van der Waals surface area contributed by atoms with E-state index in [2.05, 4.69) is 5.32 Å². The van der Waals surface area contributed by atoms with Crippen LogP contribution in [0, 0.1) is 0 Å². The molecular formula is C20H22F3NO3. The van der Waals surface area contributed by atoms with Crippen LogP contribution in [0.4, 0.5) is 18.0 Å². The van der Waals surface area contributed by atoms with Gasteiger partial charge in [0.15, 0.2) is 0 Å². The van der Waals surface area contributed by atoms with E-state index in [0.29, 0.717) is 18.5 Å². The fraction of sp³-hybridized carbons (Fsp3) is 0.350. The molecule has 2 aromatic carbocycles. The Balaban J connectivity index is 2.47. The van der Waals surface area contributed by atoms with Gasteiger partial charge >= 0.3 is 12.3 Å². The van der Waals surface area contributed by atoms with Gasteiger partial charge in [-0.25, -0.2) is 4.79 Å². The summed E-state index contributed by atoms with van der Waals surface area (Å²) in [7, 11) is 0. The number of hydrogen-bond acceptors (Lipinski definition) is 3. The summed E-state index contributed by atoms with van der Waals surface area (Å²) in [5.41, 5.74) is -2.15. The molecule has 0 bridgehead atoms. The third-order valence-electron chi connectivity index (χ3n) is 4.25. The van der Waals surface area contributed by atoms with E-state index in [1.165, 1.54) is 6.07 Å². The van der Waals surface area contributed by atoms with Crippen LogP contribution < -0.4 is 10.1 Å². The van der Waals surface area contributed by atoms with Crippen LogP contribution in [0.5, 0.6) is 5.75 Å². The van der Waals surface area contributed by atoms with Gasteiger partial charge in [0.05, 0.1) is 5.56 Å². The highest BCUT2D eigenvalue weighted by Crippen LogP contribution is 2.41. The third-order valence-corrected chi connectivity index (χ3v) is 4.25. The van der Waals surface area contributed by atoms with E-state index < -0.39 is 29.2 Å². The minimum atomic E-state index is -4.75. The molecule has 1 unspecified atom stereocenters. The molecule has 0 fully saturated rings. The van der Waals surface area contributed by atoms with Crippen molar-refractivity contribution < 1.29 is 27.8 Å². The molecular weight excluding hydrogens is 359 g/mol. The number of benzene rings is 2. The van der Waals surface area contributed by atoms with Crippen molar-refractivity contribution in [2.45, 2.75) is 38.5 Å². The van der Waals surface area contributed by atoms with Crippen LogP contribution in [0.3, 0.4) is 0 Å². The van der Waals surface area contributed by atoms with E-state index >= 15 is 0 Å². The molecule has 0 radical (unpaired) electrons. The molecule has 0 saturated carbocycles. The number of alkyl halides is 3. The quantitative estimate of drug-likeness (QED) is 0.752. The van der Waals surface area contributed by atoms with Crippen LogP contribution in [0.15, 0.2) is 48.5 Å². The third kappa shape index (κ3) is 4.80. The van der Waals surface area contributed by atoms with Crippen LogP contribution >= 0.6 is 0 Å². The number of carbonyl (C=O) groups is 1. The zero-order chi connectivity index (χ0) is 20.1. The molecule has 1 atom stereocenters. The highest BCUT2D eigenvalue weighted by atomic mass is 19.4. The summed E-state index contributed by atoms with van der Waals surface area (Å²) in [6.07, 6.45) is -4.91. The Bertz CT molecular complexity index is 778. The van der Waals surface area contributed by atoms with E-state index in [0.717, 1.165) is 12.1 Å². The molecule has 0 aliphatic carbocycles. The van der Waals surface area contributed by atoms with Crippen molar-refractivity contribution in [1.29, 1.82) is 0 Å². The molecule has 146 valence electrons. The van der Waals surface area contributed by atoms with Gasteiger partial charge < -0.3 is 15.2 Å². The predicted molar refractivity (Wildman–Crippen MR) is 95.5 cm³/mol. The zero-order valence-corrected chi connectivity index (χ0v) is 15.1. The maximum absolute atomic E-state index is 13.5. The maximum Gasteiger partial charge on any atom is 0.420 e. The average Bonchev–Trinajstić information content (AvgIpc) is 2.65. The highest BCUT2D eigenvalue weighted by Gasteiger charge is 2.38. The second-order valence-corrected chi connectivity index (χ2v) is 6.10. The van der Waals surface area contributed by atoms with Gasteiger partial charge in [-0.05, 0) is 36.1 Å². The highest BCUT2D eigenvalue weighted by molar-refractivity contribution is 5.71. The van der Waals surface area contributed by atoms with Crippen LogP contribution in [-0.2, 0) is 11.8 Å². The average molecular weight is 381 g/mol. The maximum atomic E-state index is 13.5. The molecule has 0 spiro atoms. The molecule has 1 amide bonds. The molecule has 0 aromatic heterocycles. The van der Waals surface area contributed by atoms with Gasteiger partial charge in [-0.15, -0.1) is 0 Å². The molecule has 2 aromatic rings. The number of hydrogen-bond donors (Lipinski definition) is 2. The fourth-order valence-corrected chi connectivity index (χ4v) is 2.75. The Labute approximate surface area is 156 Å². The van der Waals surface area contributed by atoms with E-state index in [1.807, 2.05) is 6.92 Å². The zero-order valence-electron chi connectivity index (χ0n) is 15.1. The lowest BCUT2D eigenvalue weighted by atomic mass is 9.83. The Hall–Kier alpha value is -2.54. The van der Waals surface area contributed by atoms with Gasteiger partial charge in [0, 0.05) is 6.54 Å². The van der Waals surface area contributed by atoms with Crippen molar-refractivity contribution >= 4 is 6.09 Å². The molecule has 7 heteroatoms. The summed E-state index contributed by atoms with van der Waals surface area (Å²) >= 11 is 0. The second-order valence-electron chi connectivity index (χ2n) is 6.10. The number of halogens is 3. The summed E-state index contributed by atoms with van der Waals surface area (Å²) in [4.78, 5) is 11.7. The Morgan fingerprint density at radius 3 is 2.30 bits per heavy atom. The van der Waals surface area contributed by atoms with Gasteiger partial charge in [-0.2, -0.15) is 13.2 Å². The minimum absolute atomic E-state index is 0.0739. The first-order valence-corrected chi connectivity index (χ1v) is 8.67. The lowest BCUT2D eigenvalue weighted by Gasteiger charge is -2.29. The normalized spacial score (nSPS) is 13.7. The molecule has 0 saturated heterocycles. The molecule has 0 aliphatic rings. The van der Waals surface area contributed by atoms with Crippen LogP contribution in [0.25, 0.3) is 0 Å². The lowest BCUT2D eigenvalue weighted by Crippen LogP contribution is -2.29. The Morgan fingerprint density at radius 1 is 1.07 bits per heavy atom. The molecule has 4 nitrogen and oxygen atoms in total. The first kappa shape index (κ1) is 20.8. The first-order chi connectivity index (χ1) is 12.7.